The number of carbonyl (C=O) groups is 2. The number of rotatable bonds is 2. The third-order valence-corrected chi connectivity index (χ3v) is 4.84. The van der Waals surface area contributed by atoms with Crippen LogP contribution in [0.1, 0.15) is 32.7 Å². The number of carbonyl (C=O) groups excluding carboxylic acids is 2. The first-order valence-corrected chi connectivity index (χ1v) is 9.15. The van der Waals surface area contributed by atoms with E-state index in [1.54, 1.807) is 29.2 Å². The van der Waals surface area contributed by atoms with Crippen LogP contribution in [0.3, 0.4) is 0 Å². The molecule has 1 aliphatic rings. The number of nitrogens with zero attached hydrogens (tertiary/aromatic N) is 2. The van der Waals surface area contributed by atoms with Gasteiger partial charge in [0.1, 0.15) is 0 Å². The fourth-order valence-electron chi connectivity index (χ4n) is 3.21. The molecule has 0 aliphatic carbocycles. The predicted octanol–water partition coefficient (Wildman–Crippen LogP) is 4.35. The van der Waals surface area contributed by atoms with Crippen molar-refractivity contribution in [2.45, 2.75) is 12.6 Å². The van der Waals surface area contributed by atoms with Crippen molar-refractivity contribution >= 4 is 23.4 Å². The Hall–Kier alpha value is -2.54. The van der Waals surface area contributed by atoms with Crippen molar-refractivity contribution in [2.75, 3.05) is 26.2 Å². The molecule has 0 bridgehead atoms. The summed E-state index contributed by atoms with van der Waals surface area (Å²) in [7, 11) is 0. The van der Waals surface area contributed by atoms with Gasteiger partial charge in [-0.25, -0.2) is 0 Å². The summed E-state index contributed by atoms with van der Waals surface area (Å²) in [6.07, 6.45) is -4.13. The van der Waals surface area contributed by atoms with Gasteiger partial charge in [0.2, 0.25) is 0 Å². The van der Waals surface area contributed by atoms with Crippen LogP contribution < -0.4 is 0 Å². The molecule has 0 aromatic heterocycles. The van der Waals surface area contributed by atoms with Gasteiger partial charge in [0.05, 0.1) is 11.1 Å². The minimum atomic E-state index is -4.60. The second kappa shape index (κ2) is 8.22. The Kier molecular flexibility index (Phi) is 5.93. The zero-order valence-corrected chi connectivity index (χ0v) is 15.6. The lowest BCUT2D eigenvalue weighted by atomic mass is 10.1. The molecular weight excluding hydrogens is 393 g/mol. The van der Waals surface area contributed by atoms with E-state index in [0.717, 1.165) is 6.07 Å². The second-order valence-corrected chi connectivity index (χ2v) is 6.93. The Morgan fingerprint density at radius 3 is 2.14 bits per heavy atom. The van der Waals surface area contributed by atoms with E-state index >= 15 is 0 Å². The van der Waals surface area contributed by atoms with Crippen molar-refractivity contribution in [3.63, 3.8) is 0 Å². The number of alkyl halides is 3. The molecule has 1 aliphatic heterocycles. The molecule has 0 radical (unpaired) electrons. The Morgan fingerprint density at radius 1 is 0.857 bits per heavy atom. The molecule has 8 heteroatoms. The lowest BCUT2D eigenvalue weighted by Gasteiger charge is -2.23. The van der Waals surface area contributed by atoms with Crippen LogP contribution in [0.15, 0.2) is 48.5 Å². The molecule has 0 atom stereocenters. The van der Waals surface area contributed by atoms with E-state index in [9.17, 15) is 22.8 Å². The Morgan fingerprint density at radius 2 is 1.50 bits per heavy atom. The monoisotopic (exact) mass is 410 g/mol. The van der Waals surface area contributed by atoms with Crippen LogP contribution in [0, 0.1) is 0 Å². The van der Waals surface area contributed by atoms with Gasteiger partial charge < -0.3 is 9.80 Å². The van der Waals surface area contributed by atoms with Crippen LogP contribution in [0.5, 0.6) is 0 Å². The summed E-state index contributed by atoms with van der Waals surface area (Å²) in [5.41, 5.74) is -0.879. The quantitative estimate of drug-likeness (QED) is 0.738. The van der Waals surface area contributed by atoms with E-state index in [0.29, 0.717) is 23.6 Å². The summed E-state index contributed by atoms with van der Waals surface area (Å²) in [5.74, 6) is -0.891. The topological polar surface area (TPSA) is 40.6 Å². The Balaban J connectivity index is 1.74. The summed E-state index contributed by atoms with van der Waals surface area (Å²) in [6, 6.07) is 11.3. The number of halogens is 4. The van der Waals surface area contributed by atoms with Crippen LogP contribution >= 0.6 is 11.6 Å². The van der Waals surface area contributed by atoms with Crippen molar-refractivity contribution in [3.05, 3.63) is 70.2 Å². The smallest absolute Gasteiger partial charge is 0.337 e. The standard InChI is InChI=1S/C20H18ClF3N2O2/c21-15-6-3-5-14(13-15)18(27)25-9-4-10-26(12-11-25)19(28)16-7-1-2-8-17(16)20(22,23)24/h1-3,5-8,13H,4,9-12H2. The highest BCUT2D eigenvalue weighted by Gasteiger charge is 2.36. The van der Waals surface area contributed by atoms with Gasteiger partial charge in [-0.15, -0.1) is 0 Å². The largest absolute Gasteiger partial charge is 0.417 e. The highest BCUT2D eigenvalue weighted by molar-refractivity contribution is 6.30. The van der Waals surface area contributed by atoms with Crippen LogP contribution in [-0.4, -0.2) is 47.8 Å². The Labute approximate surface area is 165 Å². The normalized spacial score (nSPS) is 15.3. The molecule has 2 aromatic rings. The maximum Gasteiger partial charge on any atom is 0.417 e. The molecule has 0 saturated carbocycles. The zero-order valence-electron chi connectivity index (χ0n) is 14.9. The lowest BCUT2D eigenvalue weighted by molar-refractivity contribution is -0.138. The molecule has 0 spiro atoms. The van der Waals surface area contributed by atoms with Crippen molar-refractivity contribution in [2.24, 2.45) is 0 Å². The average Bonchev–Trinajstić information content (AvgIpc) is 2.92. The van der Waals surface area contributed by atoms with Gasteiger partial charge in [0, 0.05) is 36.8 Å². The van der Waals surface area contributed by atoms with Gasteiger partial charge in [0.15, 0.2) is 0 Å². The van der Waals surface area contributed by atoms with Crippen molar-refractivity contribution in [3.8, 4) is 0 Å². The first-order chi connectivity index (χ1) is 13.3. The molecule has 1 heterocycles. The summed E-state index contributed by atoms with van der Waals surface area (Å²) >= 11 is 5.93. The second-order valence-electron chi connectivity index (χ2n) is 6.49. The minimum Gasteiger partial charge on any atom is -0.337 e. The predicted molar refractivity (Wildman–Crippen MR) is 99.3 cm³/mol. The van der Waals surface area contributed by atoms with Gasteiger partial charge in [0.25, 0.3) is 11.8 Å². The highest BCUT2D eigenvalue weighted by Crippen LogP contribution is 2.32. The minimum absolute atomic E-state index is 0.164. The molecule has 148 valence electrons. The number of amides is 2. The van der Waals surface area contributed by atoms with Crippen molar-refractivity contribution in [1.82, 2.24) is 9.80 Å². The lowest BCUT2D eigenvalue weighted by Crippen LogP contribution is -2.38. The van der Waals surface area contributed by atoms with Crippen molar-refractivity contribution in [1.29, 1.82) is 0 Å². The van der Waals surface area contributed by atoms with E-state index < -0.39 is 17.6 Å². The van der Waals surface area contributed by atoms with Gasteiger partial charge in [-0.3, -0.25) is 9.59 Å². The summed E-state index contributed by atoms with van der Waals surface area (Å²) in [6.45, 7) is 1.10. The van der Waals surface area contributed by atoms with Crippen LogP contribution in [-0.2, 0) is 6.18 Å². The molecule has 4 nitrogen and oxygen atoms in total. The van der Waals surface area contributed by atoms with E-state index in [1.165, 1.54) is 23.1 Å². The van der Waals surface area contributed by atoms with Crippen molar-refractivity contribution < 1.29 is 22.8 Å². The van der Waals surface area contributed by atoms with E-state index in [1.807, 2.05) is 0 Å². The van der Waals surface area contributed by atoms with Crippen LogP contribution in [0.4, 0.5) is 13.2 Å². The number of benzene rings is 2. The SMILES string of the molecule is O=C(c1cccc(Cl)c1)N1CCCN(C(=O)c2ccccc2C(F)(F)F)CC1. The third-order valence-electron chi connectivity index (χ3n) is 4.60. The van der Waals surface area contributed by atoms with Gasteiger partial charge >= 0.3 is 6.18 Å². The molecule has 3 rings (SSSR count). The summed E-state index contributed by atoms with van der Waals surface area (Å²) in [5, 5.41) is 0.446. The van der Waals surface area contributed by atoms with E-state index in [-0.39, 0.29) is 31.1 Å². The maximum atomic E-state index is 13.2. The summed E-state index contributed by atoms with van der Waals surface area (Å²) in [4.78, 5) is 28.3. The van der Waals surface area contributed by atoms with Crippen LogP contribution in [0.2, 0.25) is 5.02 Å². The molecular formula is C20H18ClF3N2O2. The van der Waals surface area contributed by atoms with Gasteiger partial charge in [-0.2, -0.15) is 13.2 Å². The fraction of sp³-hybridized carbons (Fsp3) is 0.300. The molecule has 1 saturated heterocycles. The zero-order chi connectivity index (χ0) is 20.3. The number of hydrogen-bond acceptors (Lipinski definition) is 2. The molecule has 0 N–H and O–H groups in total. The molecule has 0 unspecified atom stereocenters. The van der Waals surface area contributed by atoms with Gasteiger partial charge in [-0.05, 0) is 36.8 Å². The molecule has 1 fully saturated rings. The highest BCUT2D eigenvalue weighted by atomic mass is 35.5. The first-order valence-electron chi connectivity index (χ1n) is 8.78. The molecule has 2 aromatic carbocycles. The van der Waals surface area contributed by atoms with E-state index in [4.69, 9.17) is 11.6 Å². The van der Waals surface area contributed by atoms with Gasteiger partial charge in [-0.1, -0.05) is 29.8 Å². The third kappa shape index (κ3) is 4.47. The van der Waals surface area contributed by atoms with E-state index in [2.05, 4.69) is 0 Å². The summed E-state index contributed by atoms with van der Waals surface area (Å²) < 4.78 is 39.6. The van der Waals surface area contributed by atoms with Crippen LogP contribution in [0.25, 0.3) is 0 Å². The maximum absolute atomic E-state index is 13.2. The molecule has 2 amide bonds. The molecule has 28 heavy (non-hydrogen) atoms. The first kappa shape index (κ1) is 20.2. The average molecular weight is 411 g/mol. The fourth-order valence-corrected chi connectivity index (χ4v) is 3.41. The number of hydrogen-bond donors (Lipinski definition) is 0. The Bertz CT molecular complexity index is 886.